The fourth-order valence-corrected chi connectivity index (χ4v) is 3.81. The van der Waals surface area contributed by atoms with E-state index in [1.165, 1.54) is 12.8 Å². The maximum Gasteiger partial charge on any atom is 0.220 e. The smallest absolute Gasteiger partial charge is 0.220 e. The van der Waals surface area contributed by atoms with E-state index in [4.69, 9.17) is 31.8 Å². The highest BCUT2D eigenvalue weighted by Crippen LogP contribution is 2.44. The van der Waals surface area contributed by atoms with Crippen LogP contribution in [-0.2, 0) is 6.42 Å². The van der Waals surface area contributed by atoms with Gasteiger partial charge in [-0.3, -0.25) is 0 Å². The minimum absolute atomic E-state index is 0.219. The van der Waals surface area contributed by atoms with Crippen molar-refractivity contribution in [3.63, 3.8) is 0 Å². The molecule has 0 saturated heterocycles. The van der Waals surface area contributed by atoms with Gasteiger partial charge in [0.05, 0.1) is 24.9 Å². The molecule has 0 aliphatic heterocycles. The Kier molecular flexibility index (Phi) is 5.32. The molecule has 4 rings (SSSR count). The Labute approximate surface area is 174 Å². The van der Waals surface area contributed by atoms with E-state index in [1.807, 2.05) is 12.1 Å². The molecular formula is C21H24ClN5O2. The van der Waals surface area contributed by atoms with Crippen molar-refractivity contribution in [3.8, 4) is 22.8 Å². The predicted octanol–water partition coefficient (Wildman–Crippen LogP) is 4.33. The van der Waals surface area contributed by atoms with Crippen molar-refractivity contribution in [2.75, 3.05) is 31.8 Å². The fraction of sp³-hybridized carbons (Fsp3) is 0.381. The third-order valence-corrected chi connectivity index (χ3v) is 5.56. The molecule has 7 nitrogen and oxygen atoms in total. The van der Waals surface area contributed by atoms with Gasteiger partial charge in [-0.1, -0.05) is 18.5 Å². The maximum absolute atomic E-state index is 6.73. The lowest BCUT2D eigenvalue weighted by molar-refractivity contribution is 0.392. The number of fused-ring (bicyclic) bond motifs is 1. The molecule has 0 radical (unpaired) electrons. The van der Waals surface area contributed by atoms with E-state index in [0.29, 0.717) is 39.5 Å². The molecule has 2 aromatic heterocycles. The first-order valence-corrected chi connectivity index (χ1v) is 10.0. The Morgan fingerprint density at radius 3 is 2.59 bits per heavy atom. The van der Waals surface area contributed by atoms with Crippen LogP contribution in [0.4, 0.5) is 11.8 Å². The molecule has 8 heteroatoms. The summed E-state index contributed by atoms with van der Waals surface area (Å²) in [6, 6.07) is 3.73. The summed E-state index contributed by atoms with van der Waals surface area (Å²) in [6.45, 7) is 2.91. The molecule has 3 N–H and O–H groups in total. The summed E-state index contributed by atoms with van der Waals surface area (Å²) in [5, 5.41) is 4.78. The number of hydrogen-bond donors (Lipinski definition) is 2. The van der Waals surface area contributed by atoms with Gasteiger partial charge in [0.25, 0.3) is 0 Å². The molecule has 0 spiro atoms. The Bertz CT molecular complexity index is 1070. The number of methoxy groups -OCH3 is 2. The highest BCUT2D eigenvalue weighted by molar-refractivity contribution is 6.35. The average Bonchev–Trinajstić information content (AvgIpc) is 3.56. The van der Waals surface area contributed by atoms with Crippen LogP contribution in [0.3, 0.4) is 0 Å². The summed E-state index contributed by atoms with van der Waals surface area (Å²) in [5.74, 6) is 2.84. The van der Waals surface area contributed by atoms with Gasteiger partial charge in [0, 0.05) is 35.3 Å². The van der Waals surface area contributed by atoms with Crippen LogP contribution in [0.1, 0.15) is 25.3 Å². The van der Waals surface area contributed by atoms with Crippen molar-refractivity contribution in [2.45, 2.75) is 26.2 Å². The summed E-state index contributed by atoms with van der Waals surface area (Å²) in [6.07, 6.45) is 4.91. The zero-order chi connectivity index (χ0) is 20.5. The normalized spacial score (nSPS) is 13.5. The minimum Gasteiger partial charge on any atom is -0.496 e. The third kappa shape index (κ3) is 3.74. The third-order valence-electron chi connectivity index (χ3n) is 5.19. The minimum atomic E-state index is 0.219. The number of rotatable bonds is 7. The number of nitrogens with zero attached hydrogens (tertiary/aromatic N) is 3. The van der Waals surface area contributed by atoms with Crippen LogP contribution in [0.2, 0.25) is 5.02 Å². The van der Waals surface area contributed by atoms with Gasteiger partial charge in [-0.2, -0.15) is 0 Å². The van der Waals surface area contributed by atoms with Crippen molar-refractivity contribution in [1.82, 2.24) is 15.0 Å². The second kappa shape index (κ2) is 7.91. The number of nitrogens with one attached hydrogen (secondary N) is 1. The van der Waals surface area contributed by atoms with E-state index >= 15 is 0 Å². The van der Waals surface area contributed by atoms with Gasteiger partial charge in [-0.15, -0.1) is 0 Å². The van der Waals surface area contributed by atoms with E-state index in [0.717, 1.165) is 29.5 Å². The molecule has 0 bridgehead atoms. The van der Waals surface area contributed by atoms with Gasteiger partial charge in [0.15, 0.2) is 5.82 Å². The maximum atomic E-state index is 6.73. The molecule has 3 aromatic rings. The standard InChI is InChI=1S/C21H24ClN5O2/c1-4-13-15(28-2)8-16(29-3)18(22)17(13)14-7-12-10-25-21(23)27-19(12)20(26-14)24-9-11-5-6-11/h7-8,10-11H,4-6,9H2,1-3H3,(H,24,26)(H2,23,25,27). The number of nitrogen functional groups attached to an aromatic ring is 1. The van der Waals surface area contributed by atoms with Gasteiger partial charge < -0.3 is 20.5 Å². The SMILES string of the molecule is CCc1c(OC)cc(OC)c(Cl)c1-c1cc2cnc(N)nc2c(NCC2CC2)n1. The molecule has 1 fully saturated rings. The van der Waals surface area contributed by atoms with E-state index in [2.05, 4.69) is 22.2 Å². The van der Waals surface area contributed by atoms with Crippen LogP contribution in [-0.4, -0.2) is 35.7 Å². The summed E-state index contributed by atoms with van der Waals surface area (Å²) in [7, 11) is 3.22. The van der Waals surface area contributed by atoms with Crippen LogP contribution in [0.25, 0.3) is 22.2 Å². The molecule has 1 aromatic carbocycles. The molecule has 2 heterocycles. The van der Waals surface area contributed by atoms with Crippen molar-refractivity contribution >= 4 is 34.3 Å². The first-order valence-electron chi connectivity index (χ1n) is 9.66. The van der Waals surface area contributed by atoms with Crippen molar-refractivity contribution < 1.29 is 9.47 Å². The van der Waals surface area contributed by atoms with Gasteiger partial charge in [0.2, 0.25) is 5.95 Å². The van der Waals surface area contributed by atoms with Crippen LogP contribution in [0.15, 0.2) is 18.3 Å². The van der Waals surface area contributed by atoms with Gasteiger partial charge in [-0.05, 0) is 31.2 Å². The second-order valence-corrected chi connectivity index (χ2v) is 7.53. The molecule has 0 atom stereocenters. The number of nitrogens with two attached hydrogens (primary N) is 1. The second-order valence-electron chi connectivity index (χ2n) is 7.15. The Morgan fingerprint density at radius 2 is 1.93 bits per heavy atom. The summed E-state index contributed by atoms with van der Waals surface area (Å²) in [5.41, 5.74) is 8.99. The van der Waals surface area contributed by atoms with Crippen molar-refractivity contribution in [3.05, 3.63) is 28.9 Å². The van der Waals surface area contributed by atoms with E-state index < -0.39 is 0 Å². The highest BCUT2D eigenvalue weighted by atomic mass is 35.5. The lowest BCUT2D eigenvalue weighted by Gasteiger charge is -2.18. The molecule has 1 saturated carbocycles. The lowest BCUT2D eigenvalue weighted by atomic mass is 9.99. The zero-order valence-corrected chi connectivity index (χ0v) is 17.5. The zero-order valence-electron chi connectivity index (χ0n) is 16.8. The number of benzene rings is 1. The van der Waals surface area contributed by atoms with E-state index in [1.54, 1.807) is 20.4 Å². The largest absolute Gasteiger partial charge is 0.496 e. The van der Waals surface area contributed by atoms with Gasteiger partial charge >= 0.3 is 0 Å². The number of aromatic nitrogens is 3. The average molecular weight is 414 g/mol. The molecular weight excluding hydrogens is 390 g/mol. The summed E-state index contributed by atoms with van der Waals surface area (Å²) >= 11 is 6.73. The lowest BCUT2D eigenvalue weighted by Crippen LogP contribution is -2.08. The van der Waals surface area contributed by atoms with E-state index in [9.17, 15) is 0 Å². The molecule has 1 aliphatic carbocycles. The molecule has 152 valence electrons. The first kappa shape index (κ1) is 19.5. The molecule has 29 heavy (non-hydrogen) atoms. The highest BCUT2D eigenvalue weighted by Gasteiger charge is 2.24. The van der Waals surface area contributed by atoms with Gasteiger partial charge in [-0.25, -0.2) is 15.0 Å². The number of anilines is 2. The van der Waals surface area contributed by atoms with Crippen molar-refractivity contribution in [1.29, 1.82) is 0 Å². The van der Waals surface area contributed by atoms with E-state index in [-0.39, 0.29) is 5.95 Å². The summed E-state index contributed by atoms with van der Waals surface area (Å²) in [4.78, 5) is 13.4. The predicted molar refractivity (Wildman–Crippen MR) is 116 cm³/mol. The number of ether oxygens (including phenoxy) is 2. The number of pyridine rings is 1. The van der Waals surface area contributed by atoms with Crippen LogP contribution < -0.4 is 20.5 Å². The fourth-order valence-electron chi connectivity index (χ4n) is 3.46. The first-order chi connectivity index (χ1) is 14.0. The number of halogens is 1. The topological polar surface area (TPSA) is 95.2 Å². The van der Waals surface area contributed by atoms with Crippen molar-refractivity contribution in [2.24, 2.45) is 5.92 Å². The quantitative estimate of drug-likeness (QED) is 0.595. The van der Waals surface area contributed by atoms with Crippen LogP contribution >= 0.6 is 11.6 Å². The van der Waals surface area contributed by atoms with Crippen LogP contribution in [0.5, 0.6) is 11.5 Å². The molecule has 0 unspecified atom stereocenters. The van der Waals surface area contributed by atoms with Gasteiger partial charge in [0.1, 0.15) is 17.0 Å². The summed E-state index contributed by atoms with van der Waals surface area (Å²) < 4.78 is 11.1. The Morgan fingerprint density at radius 1 is 1.17 bits per heavy atom. The van der Waals surface area contributed by atoms with Crippen LogP contribution in [0, 0.1) is 5.92 Å². The monoisotopic (exact) mass is 413 g/mol. The Balaban J connectivity index is 1.94. The molecule has 1 aliphatic rings. The molecule has 0 amide bonds. The number of hydrogen-bond acceptors (Lipinski definition) is 7. The Hall–Kier alpha value is -2.80.